The van der Waals surface area contributed by atoms with E-state index in [0.29, 0.717) is 5.88 Å². The van der Waals surface area contributed by atoms with E-state index < -0.39 is 0 Å². The van der Waals surface area contributed by atoms with Crippen molar-refractivity contribution < 1.29 is 4.74 Å². The zero-order valence-corrected chi connectivity index (χ0v) is 11.6. The Labute approximate surface area is 113 Å². The van der Waals surface area contributed by atoms with E-state index in [1.807, 2.05) is 44.3 Å². The standard InChI is InChI=1S/C15H19N3O/c1-4-6-13-17-14(16-3)10-15(18-13)19-12-8-5-7-11(2)9-12/h5,7-10H,4,6H2,1-3H3,(H,16,17,18). The van der Waals surface area contributed by atoms with E-state index in [4.69, 9.17) is 4.74 Å². The third kappa shape index (κ3) is 3.68. The lowest BCUT2D eigenvalue weighted by Gasteiger charge is -2.09. The zero-order valence-electron chi connectivity index (χ0n) is 11.6. The summed E-state index contributed by atoms with van der Waals surface area (Å²) in [5.41, 5.74) is 1.16. The fourth-order valence-corrected chi connectivity index (χ4v) is 1.79. The van der Waals surface area contributed by atoms with E-state index in [9.17, 15) is 0 Å². The van der Waals surface area contributed by atoms with Crippen LogP contribution in [0.4, 0.5) is 5.82 Å². The lowest BCUT2D eigenvalue weighted by atomic mass is 10.2. The molecule has 0 spiro atoms. The molecule has 1 aromatic carbocycles. The number of nitrogens with one attached hydrogen (secondary N) is 1. The quantitative estimate of drug-likeness (QED) is 0.889. The number of benzene rings is 1. The molecule has 0 unspecified atom stereocenters. The van der Waals surface area contributed by atoms with Crippen molar-refractivity contribution in [3.05, 3.63) is 41.7 Å². The van der Waals surface area contributed by atoms with Crippen molar-refractivity contribution >= 4 is 5.82 Å². The maximum absolute atomic E-state index is 5.80. The lowest BCUT2D eigenvalue weighted by molar-refractivity contribution is 0.458. The molecule has 0 saturated heterocycles. The number of nitrogens with zero attached hydrogens (tertiary/aromatic N) is 2. The molecule has 0 amide bonds. The first-order valence-electron chi connectivity index (χ1n) is 6.51. The van der Waals surface area contributed by atoms with Gasteiger partial charge in [0.2, 0.25) is 5.88 Å². The van der Waals surface area contributed by atoms with E-state index >= 15 is 0 Å². The summed E-state index contributed by atoms with van der Waals surface area (Å²) < 4.78 is 5.80. The minimum atomic E-state index is 0.577. The Morgan fingerprint density at radius 3 is 2.74 bits per heavy atom. The molecule has 2 aromatic rings. The first-order valence-corrected chi connectivity index (χ1v) is 6.51. The van der Waals surface area contributed by atoms with Gasteiger partial charge < -0.3 is 10.1 Å². The van der Waals surface area contributed by atoms with E-state index in [2.05, 4.69) is 22.2 Å². The van der Waals surface area contributed by atoms with Crippen LogP contribution in [0, 0.1) is 6.92 Å². The summed E-state index contributed by atoms with van der Waals surface area (Å²) in [5.74, 6) is 2.95. The van der Waals surface area contributed by atoms with Crippen LogP contribution in [0.3, 0.4) is 0 Å². The molecule has 0 fully saturated rings. The summed E-state index contributed by atoms with van der Waals surface area (Å²) in [7, 11) is 1.84. The maximum atomic E-state index is 5.80. The number of rotatable bonds is 5. The third-order valence-corrected chi connectivity index (χ3v) is 2.69. The molecule has 4 nitrogen and oxygen atoms in total. The van der Waals surface area contributed by atoms with Crippen LogP contribution in [0.2, 0.25) is 0 Å². The summed E-state index contributed by atoms with van der Waals surface area (Å²) in [4.78, 5) is 8.82. The monoisotopic (exact) mass is 257 g/mol. The summed E-state index contributed by atoms with van der Waals surface area (Å²) in [6.07, 6.45) is 1.86. The van der Waals surface area contributed by atoms with Gasteiger partial charge in [0.1, 0.15) is 17.4 Å². The van der Waals surface area contributed by atoms with E-state index in [-0.39, 0.29) is 0 Å². The van der Waals surface area contributed by atoms with Crippen molar-refractivity contribution in [2.24, 2.45) is 0 Å². The molecule has 19 heavy (non-hydrogen) atoms. The second-order valence-corrected chi connectivity index (χ2v) is 4.43. The summed E-state index contributed by atoms with van der Waals surface area (Å²) >= 11 is 0. The number of ether oxygens (including phenoxy) is 1. The van der Waals surface area contributed by atoms with Gasteiger partial charge in [0.05, 0.1) is 0 Å². The Hall–Kier alpha value is -2.10. The van der Waals surface area contributed by atoms with Crippen LogP contribution in [0.5, 0.6) is 11.6 Å². The molecular weight excluding hydrogens is 238 g/mol. The molecule has 1 heterocycles. The van der Waals surface area contributed by atoms with Gasteiger partial charge in [-0.2, -0.15) is 4.98 Å². The van der Waals surface area contributed by atoms with Crippen LogP contribution in [0.1, 0.15) is 24.7 Å². The minimum absolute atomic E-state index is 0.577. The maximum Gasteiger partial charge on any atom is 0.224 e. The molecular formula is C15H19N3O. The number of aryl methyl sites for hydroxylation is 2. The van der Waals surface area contributed by atoms with Gasteiger partial charge in [-0.3, -0.25) is 0 Å². The fraction of sp³-hybridized carbons (Fsp3) is 0.333. The van der Waals surface area contributed by atoms with Gasteiger partial charge in [-0.1, -0.05) is 19.1 Å². The van der Waals surface area contributed by atoms with Gasteiger partial charge in [-0.25, -0.2) is 4.98 Å². The first kappa shape index (κ1) is 13.3. The third-order valence-electron chi connectivity index (χ3n) is 2.69. The van der Waals surface area contributed by atoms with Gasteiger partial charge in [0, 0.05) is 19.5 Å². The van der Waals surface area contributed by atoms with Crippen molar-refractivity contribution in [2.45, 2.75) is 26.7 Å². The van der Waals surface area contributed by atoms with E-state index in [0.717, 1.165) is 35.8 Å². The first-order chi connectivity index (χ1) is 9.21. The normalized spacial score (nSPS) is 10.3. The molecule has 1 aromatic heterocycles. The highest BCUT2D eigenvalue weighted by Gasteiger charge is 2.05. The largest absolute Gasteiger partial charge is 0.439 e. The zero-order chi connectivity index (χ0) is 13.7. The molecule has 0 aliphatic heterocycles. The summed E-state index contributed by atoms with van der Waals surface area (Å²) in [6, 6.07) is 9.72. The highest BCUT2D eigenvalue weighted by molar-refractivity contribution is 5.40. The number of hydrogen-bond acceptors (Lipinski definition) is 4. The Balaban J connectivity index is 2.26. The smallest absolute Gasteiger partial charge is 0.224 e. The average molecular weight is 257 g/mol. The molecule has 0 saturated carbocycles. The van der Waals surface area contributed by atoms with E-state index in [1.165, 1.54) is 0 Å². The molecule has 0 radical (unpaired) electrons. The number of anilines is 1. The Morgan fingerprint density at radius 1 is 1.21 bits per heavy atom. The summed E-state index contributed by atoms with van der Waals surface area (Å²) in [6.45, 7) is 4.14. The number of hydrogen-bond donors (Lipinski definition) is 1. The van der Waals surface area contributed by atoms with Crippen LogP contribution >= 0.6 is 0 Å². The molecule has 0 bridgehead atoms. The van der Waals surface area contributed by atoms with Crippen LogP contribution in [0.25, 0.3) is 0 Å². The van der Waals surface area contributed by atoms with Crippen molar-refractivity contribution in [3.63, 3.8) is 0 Å². The molecule has 1 N–H and O–H groups in total. The second-order valence-electron chi connectivity index (χ2n) is 4.43. The number of aromatic nitrogens is 2. The molecule has 4 heteroatoms. The molecule has 0 atom stereocenters. The SMILES string of the molecule is CCCc1nc(NC)cc(Oc2cccc(C)c2)n1. The van der Waals surface area contributed by atoms with Crippen LogP contribution in [-0.4, -0.2) is 17.0 Å². The average Bonchev–Trinajstić information content (AvgIpc) is 2.39. The minimum Gasteiger partial charge on any atom is -0.439 e. The van der Waals surface area contributed by atoms with Gasteiger partial charge in [0.25, 0.3) is 0 Å². The van der Waals surface area contributed by atoms with Gasteiger partial charge >= 0.3 is 0 Å². The molecule has 100 valence electrons. The predicted octanol–water partition coefficient (Wildman–Crippen LogP) is 3.57. The molecule has 2 rings (SSSR count). The Morgan fingerprint density at radius 2 is 2.05 bits per heavy atom. The lowest BCUT2D eigenvalue weighted by Crippen LogP contribution is -2.01. The summed E-state index contributed by atoms with van der Waals surface area (Å²) in [5, 5.41) is 3.03. The van der Waals surface area contributed by atoms with Crippen LogP contribution in [0.15, 0.2) is 30.3 Å². The van der Waals surface area contributed by atoms with Gasteiger partial charge in [-0.05, 0) is 31.0 Å². The Bertz CT molecular complexity index is 555. The molecule has 0 aliphatic rings. The van der Waals surface area contributed by atoms with Crippen molar-refractivity contribution in [2.75, 3.05) is 12.4 Å². The van der Waals surface area contributed by atoms with Gasteiger partial charge in [-0.15, -0.1) is 0 Å². The molecule has 0 aliphatic carbocycles. The van der Waals surface area contributed by atoms with Crippen molar-refractivity contribution in [3.8, 4) is 11.6 Å². The second kappa shape index (κ2) is 6.18. The van der Waals surface area contributed by atoms with Crippen molar-refractivity contribution in [1.29, 1.82) is 0 Å². The predicted molar refractivity (Wildman–Crippen MR) is 76.8 cm³/mol. The highest BCUT2D eigenvalue weighted by Crippen LogP contribution is 2.22. The van der Waals surface area contributed by atoms with Gasteiger partial charge in [0.15, 0.2) is 0 Å². The highest BCUT2D eigenvalue weighted by atomic mass is 16.5. The van der Waals surface area contributed by atoms with Crippen LogP contribution in [-0.2, 0) is 6.42 Å². The van der Waals surface area contributed by atoms with E-state index in [1.54, 1.807) is 0 Å². The van der Waals surface area contributed by atoms with Crippen molar-refractivity contribution in [1.82, 2.24) is 9.97 Å². The van der Waals surface area contributed by atoms with Crippen LogP contribution < -0.4 is 10.1 Å². The Kier molecular flexibility index (Phi) is 4.34. The fourth-order valence-electron chi connectivity index (χ4n) is 1.79. The topological polar surface area (TPSA) is 47.0 Å².